The van der Waals surface area contributed by atoms with Crippen LogP contribution in [0.2, 0.25) is 0 Å². The lowest BCUT2D eigenvalue weighted by atomic mass is 9.96. The van der Waals surface area contributed by atoms with Gasteiger partial charge in [0.25, 0.3) is 0 Å². The molecule has 0 unspecified atom stereocenters. The number of benzene rings is 1. The number of ether oxygens (including phenoxy) is 2. The van der Waals surface area contributed by atoms with Crippen molar-refractivity contribution < 1.29 is 14.3 Å². The predicted octanol–water partition coefficient (Wildman–Crippen LogP) is 2.07. The normalized spacial score (nSPS) is 13.2. The molecule has 2 rings (SSSR count). The lowest BCUT2D eigenvalue weighted by molar-refractivity contribution is -0.116. The molecule has 0 spiro atoms. The summed E-state index contributed by atoms with van der Waals surface area (Å²) in [6, 6.07) is 1.99. The second kappa shape index (κ2) is 4.16. The van der Waals surface area contributed by atoms with Gasteiger partial charge in [-0.2, -0.15) is 0 Å². The van der Waals surface area contributed by atoms with Crippen molar-refractivity contribution >= 4 is 5.78 Å². The zero-order valence-corrected chi connectivity index (χ0v) is 9.92. The van der Waals surface area contributed by atoms with Gasteiger partial charge in [0.2, 0.25) is 0 Å². The fourth-order valence-corrected chi connectivity index (χ4v) is 2.26. The van der Waals surface area contributed by atoms with Gasteiger partial charge < -0.3 is 9.47 Å². The fraction of sp³-hybridized carbons (Fsp3) is 0.462. The molecule has 1 aromatic rings. The van der Waals surface area contributed by atoms with E-state index in [1.54, 1.807) is 14.0 Å². The van der Waals surface area contributed by atoms with E-state index in [1.165, 1.54) is 0 Å². The second-order valence-electron chi connectivity index (χ2n) is 4.16. The molecule has 0 aromatic heterocycles. The van der Waals surface area contributed by atoms with Crippen molar-refractivity contribution in [1.82, 2.24) is 0 Å². The van der Waals surface area contributed by atoms with Crippen molar-refractivity contribution in [2.75, 3.05) is 13.7 Å². The second-order valence-corrected chi connectivity index (χ2v) is 4.16. The minimum atomic E-state index is 0.151. The van der Waals surface area contributed by atoms with Crippen LogP contribution in [0.1, 0.15) is 23.6 Å². The molecule has 1 aliphatic heterocycles. The van der Waals surface area contributed by atoms with Gasteiger partial charge in [-0.1, -0.05) is 0 Å². The highest BCUT2D eigenvalue weighted by molar-refractivity contribution is 5.80. The number of Topliss-reactive ketones (excluding diaryl/α,β-unsaturated/α-hetero) is 1. The molecule has 0 radical (unpaired) electrons. The number of ketones is 1. The Labute approximate surface area is 95.4 Å². The van der Waals surface area contributed by atoms with Crippen molar-refractivity contribution in [2.45, 2.75) is 26.7 Å². The fourth-order valence-electron chi connectivity index (χ4n) is 2.26. The molecule has 0 N–H and O–H groups in total. The Hall–Kier alpha value is -1.51. The number of carbonyl (C=O) groups excluding carboxylic acids is 1. The minimum absolute atomic E-state index is 0.151. The first-order valence-electron chi connectivity index (χ1n) is 5.45. The Balaban J connectivity index is 2.56. The summed E-state index contributed by atoms with van der Waals surface area (Å²) in [4.78, 5) is 11.3. The Morgan fingerprint density at radius 2 is 2.31 bits per heavy atom. The van der Waals surface area contributed by atoms with E-state index in [0.29, 0.717) is 13.0 Å². The molecule has 0 amide bonds. The Morgan fingerprint density at radius 3 is 2.94 bits per heavy atom. The maximum absolute atomic E-state index is 11.3. The third kappa shape index (κ3) is 1.77. The lowest BCUT2D eigenvalue weighted by Gasteiger charge is -2.14. The first kappa shape index (κ1) is 11.0. The van der Waals surface area contributed by atoms with E-state index in [2.05, 4.69) is 0 Å². The first-order chi connectivity index (χ1) is 7.63. The lowest BCUT2D eigenvalue weighted by Crippen LogP contribution is -2.04. The van der Waals surface area contributed by atoms with Gasteiger partial charge in [-0.15, -0.1) is 0 Å². The minimum Gasteiger partial charge on any atom is -0.496 e. The topological polar surface area (TPSA) is 35.5 Å². The van der Waals surface area contributed by atoms with Crippen LogP contribution < -0.4 is 9.47 Å². The molecule has 0 atom stereocenters. The van der Waals surface area contributed by atoms with E-state index in [9.17, 15) is 4.79 Å². The van der Waals surface area contributed by atoms with Gasteiger partial charge in [-0.05, 0) is 25.5 Å². The molecule has 1 aromatic carbocycles. The van der Waals surface area contributed by atoms with E-state index in [0.717, 1.165) is 34.6 Å². The van der Waals surface area contributed by atoms with E-state index in [-0.39, 0.29) is 5.78 Å². The molecular weight excluding hydrogens is 204 g/mol. The summed E-state index contributed by atoms with van der Waals surface area (Å²) in [5.41, 5.74) is 3.17. The van der Waals surface area contributed by atoms with E-state index in [4.69, 9.17) is 9.47 Å². The van der Waals surface area contributed by atoms with Gasteiger partial charge in [-0.25, -0.2) is 0 Å². The van der Waals surface area contributed by atoms with Crippen molar-refractivity contribution in [1.29, 1.82) is 0 Å². The summed E-state index contributed by atoms with van der Waals surface area (Å²) in [7, 11) is 1.65. The van der Waals surface area contributed by atoms with Crippen LogP contribution in [0.15, 0.2) is 6.07 Å². The molecule has 3 heteroatoms. The van der Waals surface area contributed by atoms with Gasteiger partial charge in [0.05, 0.1) is 13.7 Å². The summed E-state index contributed by atoms with van der Waals surface area (Å²) < 4.78 is 10.9. The molecule has 0 saturated carbocycles. The van der Waals surface area contributed by atoms with Gasteiger partial charge in [0, 0.05) is 24.0 Å². The number of fused-ring (bicyclic) bond motifs is 1. The molecule has 1 heterocycles. The van der Waals surface area contributed by atoms with Crippen LogP contribution in [0, 0.1) is 6.92 Å². The zero-order valence-electron chi connectivity index (χ0n) is 9.92. The van der Waals surface area contributed by atoms with Crippen LogP contribution in [0.25, 0.3) is 0 Å². The predicted molar refractivity (Wildman–Crippen MR) is 61.3 cm³/mol. The Morgan fingerprint density at radius 1 is 1.56 bits per heavy atom. The van der Waals surface area contributed by atoms with Gasteiger partial charge in [0.1, 0.15) is 17.3 Å². The van der Waals surface area contributed by atoms with Crippen molar-refractivity contribution in [3.63, 3.8) is 0 Å². The molecule has 0 fully saturated rings. The molecular formula is C13H16O3. The van der Waals surface area contributed by atoms with Gasteiger partial charge in [-0.3, -0.25) is 4.79 Å². The Kier molecular flexibility index (Phi) is 2.86. The van der Waals surface area contributed by atoms with Crippen LogP contribution in [0.4, 0.5) is 0 Å². The number of methoxy groups -OCH3 is 1. The zero-order chi connectivity index (χ0) is 11.7. The molecule has 0 bridgehead atoms. The molecule has 1 aliphatic rings. The molecule has 86 valence electrons. The summed E-state index contributed by atoms with van der Waals surface area (Å²) in [5.74, 6) is 1.90. The van der Waals surface area contributed by atoms with Crippen LogP contribution in [-0.2, 0) is 17.6 Å². The van der Waals surface area contributed by atoms with Gasteiger partial charge >= 0.3 is 0 Å². The number of rotatable bonds is 3. The van der Waals surface area contributed by atoms with Crippen molar-refractivity contribution in [3.05, 3.63) is 22.8 Å². The highest BCUT2D eigenvalue weighted by Crippen LogP contribution is 2.37. The highest BCUT2D eigenvalue weighted by Gasteiger charge is 2.22. The van der Waals surface area contributed by atoms with E-state index in [1.807, 2.05) is 13.0 Å². The maximum atomic E-state index is 11.3. The average molecular weight is 220 g/mol. The third-order valence-electron chi connectivity index (χ3n) is 2.88. The monoisotopic (exact) mass is 220 g/mol. The van der Waals surface area contributed by atoms with Crippen LogP contribution in [0.5, 0.6) is 11.5 Å². The number of carbonyl (C=O) groups is 1. The number of aryl methyl sites for hydroxylation is 1. The largest absolute Gasteiger partial charge is 0.496 e. The van der Waals surface area contributed by atoms with Gasteiger partial charge in [0.15, 0.2) is 0 Å². The van der Waals surface area contributed by atoms with Crippen LogP contribution in [0.3, 0.4) is 0 Å². The summed E-state index contributed by atoms with van der Waals surface area (Å²) in [6.45, 7) is 4.28. The summed E-state index contributed by atoms with van der Waals surface area (Å²) in [6.07, 6.45) is 1.30. The summed E-state index contributed by atoms with van der Waals surface area (Å²) >= 11 is 0. The number of hydrogen-bond acceptors (Lipinski definition) is 3. The standard InChI is InChI=1S/C13H16O3/c1-8-6-12-10(4-5-16-12)11(7-9(2)14)13(8)15-3/h6H,4-5,7H2,1-3H3. The molecule has 3 nitrogen and oxygen atoms in total. The molecule has 0 saturated heterocycles. The first-order valence-corrected chi connectivity index (χ1v) is 5.45. The van der Waals surface area contributed by atoms with Crippen LogP contribution >= 0.6 is 0 Å². The summed E-state index contributed by atoms with van der Waals surface area (Å²) in [5, 5.41) is 0. The average Bonchev–Trinajstić information content (AvgIpc) is 2.64. The van der Waals surface area contributed by atoms with Crippen molar-refractivity contribution in [2.24, 2.45) is 0 Å². The van der Waals surface area contributed by atoms with Crippen LogP contribution in [-0.4, -0.2) is 19.5 Å². The smallest absolute Gasteiger partial charge is 0.134 e. The molecule has 0 aliphatic carbocycles. The SMILES string of the molecule is COc1c(C)cc2c(c1CC(C)=O)CCO2. The van der Waals surface area contributed by atoms with E-state index >= 15 is 0 Å². The maximum Gasteiger partial charge on any atom is 0.134 e. The third-order valence-corrected chi connectivity index (χ3v) is 2.88. The quantitative estimate of drug-likeness (QED) is 0.782. The molecule has 16 heavy (non-hydrogen) atoms. The number of hydrogen-bond donors (Lipinski definition) is 0. The van der Waals surface area contributed by atoms with E-state index < -0.39 is 0 Å². The van der Waals surface area contributed by atoms with Crippen molar-refractivity contribution in [3.8, 4) is 11.5 Å². The highest BCUT2D eigenvalue weighted by atomic mass is 16.5. The Bertz CT molecular complexity index is 432.